The highest BCUT2D eigenvalue weighted by Crippen LogP contribution is 2.41. The smallest absolute Gasteiger partial charge is 0.187 e. The summed E-state index contributed by atoms with van der Waals surface area (Å²) in [4.78, 5) is 19.5. The van der Waals surface area contributed by atoms with Gasteiger partial charge in [-0.2, -0.15) is 5.26 Å². The number of rotatable bonds is 11. The van der Waals surface area contributed by atoms with Gasteiger partial charge in [-0.05, 0) is 90.5 Å². The zero-order chi connectivity index (χ0) is 52.4. The first-order valence-electron chi connectivity index (χ1n) is 25.9. The van der Waals surface area contributed by atoms with Gasteiger partial charge in [0.2, 0.25) is 0 Å². The first kappa shape index (κ1) is 47.2. The third kappa shape index (κ3) is 8.53. The van der Waals surface area contributed by atoms with Crippen LogP contribution in [0.15, 0.2) is 279 Å². The fourth-order valence-electron chi connectivity index (χ4n) is 11.1. The quantitative estimate of drug-likeness (QED) is 0.0735. The highest BCUT2D eigenvalue weighted by molar-refractivity contribution is 7.19. The molecule has 0 saturated heterocycles. The third-order valence-electron chi connectivity index (χ3n) is 14.9. The number of nitriles is 1. The van der Waals surface area contributed by atoms with Crippen LogP contribution in [0.2, 0.25) is 0 Å². The summed E-state index contributed by atoms with van der Waals surface area (Å²) in [6.45, 7) is 7.66. The van der Waals surface area contributed by atoms with Crippen LogP contribution in [0.25, 0.3) is 99.9 Å². The van der Waals surface area contributed by atoms with Crippen molar-refractivity contribution in [1.82, 2.24) is 19.5 Å². The summed E-state index contributed by atoms with van der Waals surface area (Å²) in [5, 5.41) is 17.1. The maximum atomic E-state index is 9.74. The Labute approximate surface area is 454 Å². The summed E-state index contributed by atoms with van der Waals surface area (Å²) in [6, 6.07) is 100. The molecule has 0 aliphatic carbocycles. The molecule has 0 bridgehead atoms. The summed E-state index contributed by atoms with van der Waals surface area (Å²) in [5.41, 5.74) is 12.8. The molecule has 364 valence electrons. The molecule has 0 aliphatic heterocycles. The maximum absolute atomic E-state index is 9.74. The monoisotopic (exact) mass is 1010 g/mol. The number of benzene rings is 11. The van der Waals surface area contributed by atoms with Gasteiger partial charge in [0.25, 0.3) is 0 Å². The van der Waals surface area contributed by atoms with Gasteiger partial charge in [-0.25, -0.2) is 19.8 Å². The highest BCUT2D eigenvalue weighted by Gasteiger charge is 2.41. The maximum Gasteiger partial charge on any atom is 0.187 e. The summed E-state index contributed by atoms with van der Waals surface area (Å²) in [7, 11) is -2.90. The topological polar surface area (TPSA) is 71.8 Å². The molecular formula is C71H46N6Si. The Balaban J connectivity index is 1.11. The predicted molar refractivity (Wildman–Crippen MR) is 321 cm³/mol. The Bertz CT molecular complexity index is 4150. The van der Waals surface area contributed by atoms with Gasteiger partial charge in [0.15, 0.2) is 31.2 Å². The second-order valence-electron chi connectivity index (χ2n) is 19.3. The summed E-state index contributed by atoms with van der Waals surface area (Å²) in [5.74, 6) is 1.68. The van der Waals surface area contributed by atoms with Crippen molar-refractivity contribution in [3.05, 3.63) is 296 Å². The van der Waals surface area contributed by atoms with Crippen molar-refractivity contribution in [1.29, 1.82) is 5.26 Å². The van der Waals surface area contributed by atoms with Crippen molar-refractivity contribution >= 4 is 56.3 Å². The van der Waals surface area contributed by atoms with E-state index in [9.17, 15) is 5.26 Å². The van der Waals surface area contributed by atoms with Crippen molar-refractivity contribution in [3.63, 3.8) is 0 Å². The lowest BCUT2D eigenvalue weighted by Crippen LogP contribution is -2.74. The van der Waals surface area contributed by atoms with Gasteiger partial charge in [-0.3, -0.25) is 0 Å². The molecule has 0 fully saturated rings. The lowest BCUT2D eigenvalue weighted by molar-refractivity contribution is 1.06. The van der Waals surface area contributed by atoms with E-state index in [2.05, 4.69) is 185 Å². The second kappa shape index (κ2) is 20.3. The lowest BCUT2D eigenvalue weighted by atomic mass is 10.0. The molecule has 0 unspecified atom stereocenters. The van der Waals surface area contributed by atoms with Crippen LogP contribution in [0.5, 0.6) is 0 Å². The van der Waals surface area contributed by atoms with Gasteiger partial charge in [-0.1, -0.05) is 243 Å². The number of fused-ring (bicyclic) bond motifs is 3. The molecule has 13 aromatic rings. The lowest BCUT2D eigenvalue weighted by Gasteiger charge is -2.34. The molecule has 0 spiro atoms. The van der Waals surface area contributed by atoms with Crippen LogP contribution in [0.4, 0.5) is 5.69 Å². The van der Waals surface area contributed by atoms with Crippen LogP contribution in [-0.2, 0) is 0 Å². The van der Waals surface area contributed by atoms with E-state index in [0.29, 0.717) is 28.7 Å². The van der Waals surface area contributed by atoms with Crippen molar-refractivity contribution < 1.29 is 0 Å². The standard InChI is InChI=1S/C71H46N6Si/c1-73-58-39-34-51(35-40-58)56-37-42-64-63-41-36-55(50-32-30-49(48-72)31-33-50)45-66(63)77(67(64)46-56)68-47-57(38-43-65(68)71-75-69(52-18-7-2-8-19-52)74-70(76-71)53-20-9-3-10-21-53)54-22-17-29-62(44-54)78(59-23-11-4-12-24-59,60-25-13-5-14-26-60)61-27-15-6-16-28-61/h2-47H. The van der Waals surface area contributed by atoms with E-state index in [1.807, 2.05) is 109 Å². The summed E-state index contributed by atoms with van der Waals surface area (Å²) >= 11 is 0. The van der Waals surface area contributed by atoms with Gasteiger partial charge in [0.1, 0.15) is 0 Å². The molecule has 2 heterocycles. The van der Waals surface area contributed by atoms with E-state index in [-0.39, 0.29) is 0 Å². The van der Waals surface area contributed by atoms with Crippen molar-refractivity contribution in [2.75, 3.05) is 0 Å². The Kier molecular flexibility index (Phi) is 12.3. The van der Waals surface area contributed by atoms with Gasteiger partial charge >= 0.3 is 0 Å². The Morgan fingerprint density at radius 2 is 0.756 bits per heavy atom. The molecule has 0 aliphatic rings. The van der Waals surface area contributed by atoms with Gasteiger partial charge in [0, 0.05) is 27.5 Å². The fraction of sp³-hybridized carbons (Fsp3) is 0. The number of hydrogen-bond donors (Lipinski definition) is 0. The minimum atomic E-state index is -2.90. The molecule has 0 radical (unpaired) electrons. The van der Waals surface area contributed by atoms with Crippen LogP contribution in [0, 0.1) is 17.9 Å². The SMILES string of the molecule is [C-]#[N+]c1ccc(-c2ccc3c4ccc(-c5ccc(C#N)cc5)cc4n(-c4cc(-c5cccc([Si](c6ccccc6)(c6ccccc6)c6ccccc6)c5)ccc4-c4nc(-c5ccccc5)nc(-c5ccccc5)n4)c3c2)cc1. The molecule has 7 heteroatoms. The van der Waals surface area contributed by atoms with Gasteiger partial charge < -0.3 is 4.57 Å². The van der Waals surface area contributed by atoms with Crippen LogP contribution in [-0.4, -0.2) is 27.6 Å². The zero-order valence-electron chi connectivity index (χ0n) is 42.2. The Hall–Kier alpha value is -10.6. The Morgan fingerprint density at radius 1 is 0.359 bits per heavy atom. The number of nitrogens with zero attached hydrogens (tertiary/aromatic N) is 6. The van der Waals surface area contributed by atoms with Crippen LogP contribution in [0.1, 0.15) is 5.56 Å². The van der Waals surface area contributed by atoms with E-state index in [1.54, 1.807) is 0 Å². The molecule has 6 nitrogen and oxygen atoms in total. The Morgan fingerprint density at radius 3 is 1.24 bits per heavy atom. The molecule has 11 aromatic carbocycles. The van der Waals surface area contributed by atoms with Crippen molar-refractivity contribution in [3.8, 4) is 79.3 Å². The van der Waals surface area contributed by atoms with Crippen LogP contribution < -0.4 is 20.7 Å². The van der Waals surface area contributed by atoms with Crippen LogP contribution in [0.3, 0.4) is 0 Å². The largest absolute Gasteiger partial charge is 0.308 e. The molecule has 13 rings (SSSR count). The van der Waals surface area contributed by atoms with E-state index < -0.39 is 8.07 Å². The molecule has 0 amide bonds. The molecule has 0 N–H and O–H groups in total. The van der Waals surface area contributed by atoms with Gasteiger partial charge in [-0.15, -0.1) is 0 Å². The predicted octanol–water partition coefficient (Wildman–Crippen LogP) is 14.8. The van der Waals surface area contributed by atoms with E-state index in [0.717, 1.165) is 77.6 Å². The molecule has 0 saturated carbocycles. The minimum absolute atomic E-state index is 0.533. The first-order chi connectivity index (χ1) is 38.5. The second-order valence-corrected chi connectivity index (χ2v) is 23.2. The number of hydrogen-bond acceptors (Lipinski definition) is 4. The molecule has 78 heavy (non-hydrogen) atoms. The fourth-order valence-corrected chi connectivity index (χ4v) is 15.9. The van der Waals surface area contributed by atoms with Gasteiger partial charge in [0.05, 0.1) is 34.9 Å². The third-order valence-corrected chi connectivity index (χ3v) is 19.6. The highest BCUT2D eigenvalue weighted by atomic mass is 28.3. The number of aromatic nitrogens is 4. The molecule has 2 aromatic heterocycles. The average Bonchev–Trinajstić information content (AvgIpc) is 3.88. The van der Waals surface area contributed by atoms with Crippen molar-refractivity contribution in [2.45, 2.75) is 0 Å². The summed E-state index contributed by atoms with van der Waals surface area (Å²) < 4.78 is 2.38. The normalized spacial score (nSPS) is 11.3. The summed E-state index contributed by atoms with van der Waals surface area (Å²) in [6.07, 6.45) is 0. The molecule has 0 atom stereocenters. The minimum Gasteiger partial charge on any atom is -0.308 e. The van der Waals surface area contributed by atoms with Crippen LogP contribution >= 0.6 is 0 Å². The first-order valence-corrected chi connectivity index (χ1v) is 27.9. The van der Waals surface area contributed by atoms with E-state index >= 15 is 0 Å². The molecular weight excluding hydrogens is 965 g/mol. The van der Waals surface area contributed by atoms with Crippen molar-refractivity contribution in [2.24, 2.45) is 0 Å². The van der Waals surface area contributed by atoms with E-state index in [1.165, 1.54) is 20.7 Å². The van der Waals surface area contributed by atoms with E-state index in [4.69, 9.17) is 21.5 Å². The average molecular weight is 1010 g/mol. The zero-order valence-corrected chi connectivity index (χ0v) is 43.2.